The summed E-state index contributed by atoms with van der Waals surface area (Å²) in [5.74, 6) is 2.82. The number of aryl methyl sites for hydroxylation is 1. The summed E-state index contributed by atoms with van der Waals surface area (Å²) in [7, 11) is 0. The van der Waals surface area contributed by atoms with E-state index in [1.54, 1.807) is 0 Å². The molecule has 0 amide bonds. The van der Waals surface area contributed by atoms with Crippen LogP contribution in [0.3, 0.4) is 0 Å². The molecule has 1 aromatic rings. The number of aromatic nitrogens is 2. The van der Waals surface area contributed by atoms with Crippen LogP contribution in [0.4, 0.5) is 5.82 Å². The Morgan fingerprint density at radius 1 is 1.41 bits per heavy atom. The van der Waals surface area contributed by atoms with Gasteiger partial charge in [-0.05, 0) is 41.6 Å². The monoisotopic (exact) mass is 297 g/mol. The summed E-state index contributed by atoms with van der Waals surface area (Å²) in [5.41, 5.74) is 0. The molecule has 17 heavy (non-hydrogen) atoms. The molecule has 2 unspecified atom stereocenters. The molecule has 1 aliphatic heterocycles. The summed E-state index contributed by atoms with van der Waals surface area (Å²) in [4.78, 5) is 11.4. The molecule has 1 aromatic heterocycles. The van der Waals surface area contributed by atoms with Gasteiger partial charge < -0.3 is 4.90 Å². The van der Waals surface area contributed by atoms with Gasteiger partial charge in [0.15, 0.2) is 0 Å². The quantitative estimate of drug-likeness (QED) is 0.783. The number of anilines is 1. The molecule has 4 heteroatoms. The van der Waals surface area contributed by atoms with Crippen LogP contribution in [-0.4, -0.2) is 22.6 Å². The fourth-order valence-corrected chi connectivity index (χ4v) is 2.91. The molecule has 0 bridgehead atoms. The van der Waals surface area contributed by atoms with E-state index in [9.17, 15) is 0 Å². The summed E-state index contributed by atoms with van der Waals surface area (Å²) in [6.45, 7) is 7.82. The first-order chi connectivity index (χ1) is 8.10. The number of piperidine rings is 1. The molecule has 0 aromatic carbocycles. The van der Waals surface area contributed by atoms with Gasteiger partial charge >= 0.3 is 0 Å². The van der Waals surface area contributed by atoms with Crippen LogP contribution in [-0.2, 0) is 6.42 Å². The van der Waals surface area contributed by atoms with Crippen molar-refractivity contribution in [3.63, 3.8) is 0 Å². The first kappa shape index (κ1) is 12.8. The number of hydrogen-bond acceptors (Lipinski definition) is 3. The number of rotatable bonds is 2. The van der Waals surface area contributed by atoms with Gasteiger partial charge in [-0.2, -0.15) is 0 Å². The molecule has 0 spiro atoms. The molecule has 0 radical (unpaired) electrons. The van der Waals surface area contributed by atoms with Crippen LogP contribution in [0.1, 0.15) is 39.4 Å². The van der Waals surface area contributed by atoms with Crippen molar-refractivity contribution in [1.29, 1.82) is 0 Å². The van der Waals surface area contributed by atoms with Crippen LogP contribution in [0, 0.1) is 5.92 Å². The first-order valence-electron chi connectivity index (χ1n) is 6.40. The molecule has 1 fully saturated rings. The molecular formula is C13H20BrN3. The Morgan fingerprint density at radius 2 is 2.18 bits per heavy atom. The second-order valence-electron chi connectivity index (χ2n) is 4.99. The van der Waals surface area contributed by atoms with Crippen molar-refractivity contribution in [3.8, 4) is 0 Å². The Bertz CT molecular complexity index is 394. The van der Waals surface area contributed by atoms with E-state index in [2.05, 4.69) is 51.6 Å². The Morgan fingerprint density at radius 3 is 2.82 bits per heavy atom. The summed E-state index contributed by atoms with van der Waals surface area (Å²) in [6.07, 6.45) is 3.39. The van der Waals surface area contributed by atoms with Gasteiger partial charge in [0.25, 0.3) is 0 Å². The minimum Gasteiger partial charge on any atom is -0.354 e. The molecule has 0 N–H and O–H groups in total. The average molecular weight is 298 g/mol. The summed E-state index contributed by atoms with van der Waals surface area (Å²) in [6, 6.07) is 2.61. The third-order valence-electron chi connectivity index (χ3n) is 3.48. The fourth-order valence-electron chi connectivity index (χ4n) is 2.50. The lowest BCUT2D eigenvalue weighted by Crippen LogP contribution is -2.40. The van der Waals surface area contributed by atoms with Crippen molar-refractivity contribution >= 4 is 21.7 Å². The van der Waals surface area contributed by atoms with E-state index in [1.807, 2.05) is 6.07 Å². The number of halogens is 1. The van der Waals surface area contributed by atoms with Crippen LogP contribution in [0.5, 0.6) is 0 Å². The highest BCUT2D eigenvalue weighted by Gasteiger charge is 2.24. The van der Waals surface area contributed by atoms with E-state index in [0.29, 0.717) is 6.04 Å². The highest BCUT2D eigenvalue weighted by Crippen LogP contribution is 2.27. The third kappa shape index (κ3) is 2.97. The lowest BCUT2D eigenvalue weighted by molar-refractivity contribution is 0.375. The molecule has 1 saturated heterocycles. The Hall–Kier alpha value is -0.640. The smallest absolute Gasteiger partial charge is 0.133 e. The van der Waals surface area contributed by atoms with E-state index >= 15 is 0 Å². The molecule has 2 heterocycles. The van der Waals surface area contributed by atoms with Crippen molar-refractivity contribution in [2.75, 3.05) is 11.4 Å². The molecule has 2 atom stereocenters. The number of hydrogen-bond donors (Lipinski definition) is 0. The molecule has 94 valence electrons. The highest BCUT2D eigenvalue weighted by atomic mass is 79.9. The lowest BCUT2D eigenvalue weighted by Gasteiger charge is -2.37. The average Bonchev–Trinajstić information content (AvgIpc) is 2.28. The van der Waals surface area contributed by atoms with Crippen LogP contribution < -0.4 is 4.90 Å². The minimum absolute atomic E-state index is 0.574. The van der Waals surface area contributed by atoms with Gasteiger partial charge in [0, 0.05) is 25.1 Å². The van der Waals surface area contributed by atoms with Gasteiger partial charge in [-0.1, -0.05) is 13.8 Å². The third-order valence-corrected chi connectivity index (χ3v) is 3.88. The fraction of sp³-hybridized carbons (Fsp3) is 0.692. The Labute approximate surface area is 112 Å². The topological polar surface area (TPSA) is 29.0 Å². The van der Waals surface area contributed by atoms with Crippen LogP contribution in [0.2, 0.25) is 0 Å². The van der Waals surface area contributed by atoms with Crippen LogP contribution in [0.15, 0.2) is 10.7 Å². The lowest BCUT2D eigenvalue weighted by atomic mass is 9.93. The Balaban J connectivity index is 2.24. The van der Waals surface area contributed by atoms with Crippen molar-refractivity contribution in [2.24, 2.45) is 5.92 Å². The molecular weight excluding hydrogens is 278 g/mol. The summed E-state index contributed by atoms with van der Waals surface area (Å²) in [5, 5.41) is 0. The van der Waals surface area contributed by atoms with Crippen molar-refractivity contribution in [2.45, 2.75) is 46.1 Å². The van der Waals surface area contributed by atoms with Gasteiger partial charge in [0.2, 0.25) is 0 Å². The van der Waals surface area contributed by atoms with Crippen molar-refractivity contribution in [3.05, 3.63) is 16.5 Å². The van der Waals surface area contributed by atoms with Crippen LogP contribution in [0.25, 0.3) is 0 Å². The normalized spacial score (nSPS) is 25.1. The van der Waals surface area contributed by atoms with E-state index in [-0.39, 0.29) is 0 Å². The summed E-state index contributed by atoms with van der Waals surface area (Å²) < 4.78 is 0.894. The van der Waals surface area contributed by atoms with Gasteiger partial charge in [0.05, 0.1) is 0 Å². The summed E-state index contributed by atoms with van der Waals surface area (Å²) >= 11 is 3.47. The second-order valence-corrected chi connectivity index (χ2v) is 5.80. The van der Waals surface area contributed by atoms with Gasteiger partial charge in [-0.3, -0.25) is 0 Å². The zero-order valence-corrected chi connectivity index (χ0v) is 12.4. The second kappa shape index (κ2) is 5.34. The van der Waals surface area contributed by atoms with Gasteiger partial charge in [0.1, 0.15) is 16.2 Å². The molecule has 3 nitrogen and oxygen atoms in total. The Kier molecular flexibility index (Phi) is 4.02. The van der Waals surface area contributed by atoms with E-state index < -0.39 is 0 Å². The van der Waals surface area contributed by atoms with E-state index in [1.165, 1.54) is 12.8 Å². The predicted octanol–water partition coefficient (Wildman–Crippen LogP) is 3.43. The van der Waals surface area contributed by atoms with Crippen molar-refractivity contribution in [1.82, 2.24) is 9.97 Å². The van der Waals surface area contributed by atoms with Crippen LogP contribution >= 0.6 is 15.9 Å². The van der Waals surface area contributed by atoms with Crippen molar-refractivity contribution < 1.29 is 0 Å². The highest BCUT2D eigenvalue weighted by molar-refractivity contribution is 9.10. The molecule has 0 saturated carbocycles. The van der Waals surface area contributed by atoms with E-state index in [0.717, 1.165) is 35.1 Å². The zero-order valence-electron chi connectivity index (χ0n) is 10.8. The number of nitrogens with zero attached hydrogens (tertiary/aromatic N) is 3. The maximum absolute atomic E-state index is 4.64. The molecule has 1 aliphatic rings. The zero-order chi connectivity index (χ0) is 12.4. The van der Waals surface area contributed by atoms with Gasteiger partial charge in [-0.25, -0.2) is 9.97 Å². The standard InChI is InChI=1S/C13H20BrN3/c1-4-12-15-11(14)8-13(16-12)17-6-5-9(2)7-10(17)3/h8-10H,4-7H2,1-3H3. The predicted molar refractivity (Wildman–Crippen MR) is 74.3 cm³/mol. The van der Waals surface area contributed by atoms with E-state index in [4.69, 9.17) is 0 Å². The maximum Gasteiger partial charge on any atom is 0.133 e. The maximum atomic E-state index is 4.64. The molecule has 0 aliphatic carbocycles. The minimum atomic E-state index is 0.574. The SMILES string of the molecule is CCc1nc(Br)cc(N2CCC(C)CC2C)n1. The van der Waals surface area contributed by atoms with Gasteiger partial charge in [-0.15, -0.1) is 0 Å². The molecule has 2 rings (SSSR count). The largest absolute Gasteiger partial charge is 0.354 e. The first-order valence-corrected chi connectivity index (χ1v) is 7.19.